The van der Waals surface area contributed by atoms with E-state index in [0.29, 0.717) is 11.5 Å². The highest BCUT2D eigenvalue weighted by Gasteiger charge is 2.24. The lowest BCUT2D eigenvalue weighted by atomic mass is 10.2. The predicted octanol–water partition coefficient (Wildman–Crippen LogP) is 2.32. The van der Waals surface area contributed by atoms with Crippen molar-refractivity contribution in [2.24, 2.45) is 5.92 Å². The van der Waals surface area contributed by atoms with Gasteiger partial charge in [0.1, 0.15) is 11.6 Å². The first-order valence-electron chi connectivity index (χ1n) is 7.91. The third-order valence-electron chi connectivity index (χ3n) is 3.71. The number of carboxylic acid groups (broad SMARTS) is 1. The van der Waals surface area contributed by atoms with Gasteiger partial charge in [0.05, 0.1) is 11.6 Å². The molecule has 7 nitrogen and oxygen atoms in total. The van der Waals surface area contributed by atoms with Crippen molar-refractivity contribution in [1.29, 1.82) is 0 Å². The lowest BCUT2D eigenvalue weighted by Crippen LogP contribution is -2.34. The van der Waals surface area contributed by atoms with Crippen molar-refractivity contribution in [3.63, 3.8) is 0 Å². The van der Waals surface area contributed by atoms with E-state index in [4.69, 9.17) is 5.11 Å². The minimum atomic E-state index is -0.985. The van der Waals surface area contributed by atoms with E-state index in [1.54, 1.807) is 12.1 Å². The highest BCUT2D eigenvalue weighted by molar-refractivity contribution is 5.90. The first-order chi connectivity index (χ1) is 11.7. The zero-order chi connectivity index (χ0) is 18.7. The van der Waals surface area contributed by atoms with Crippen molar-refractivity contribution < 1.29 is 19.1 Å². The number of rotatable bonds is 6. The topological polar surface area (TPSA) is 88.3 Å². The zero-order valence-electron chi connectivity index (χ0n) is 14.6. The maximum Gasteiger partial charge on any atom is 0.308 e. The van der Waals surface area contributed by atoms with Crippen LogP contribution in [-0.2, 0) is 4.79 Å². The van der Waals surface area contributed by atoms with E-state index >= 15 is 0 Å². The highest BCUT2D eigenvalue weighted by Crippen LogP contribution is 2.18. The van der Waals surface area contributed by atoms with E-state index in [1.807, 2.05) is 13.8 Å². The molecule has 134 valence electrons. The largest absolute Gasteiger partial charge is 0.481 e. The van der Waals surface area contributed by atoms with Crippen LogP contribution in [0, 0.1) is 11.7 Å². The molecule has 1 heterocycles. The van der Waals surface area contributed by atoms with Crippen molar-refractivity contribution in [3.05, 3.63) is 41.7 Å². The van der Waals surface area contributed by atoms with Gasteiger partial charge < -0.3 is 10.0 Å². The summed E-state index contributed by atoms with van der Waals surface area (Å²) in [5.41, 5.74) is 0.469. The second-order valence-electron chi connectivity index (χ2n) is 6.26. The summed E-state index contributed by atoms with van der Waals surface area (Å²) < 4.78 is 14.9. The molecule has 0 spiro atoms. The molecule has 8 heteroatoms. The van der Waals surface area contributed by atoms with Gasteiger partial charge in [0, 0.05) is 19.5 Å². The monoisotopic (exact) mass is 348 g/mol. The van der Waals surface area contributed by atoms with Crippen molar-refractivity contribution in [1.82, 2.24) is 19.7 Å². The molecule has 0 fully saturated rings. The van der Waals surface area contributed by atoms with Crippen LogP contribution < -0.4 is 0 Å². The van der Waals surface area contributed by atoms with Crippen molar-refractivity contribution >= 4 is 11.9 Å². The van der Waals surface area contributed by atoms with Gasteiger partial charge in [-0.15, -0.1) is 5.10 Å². The molecule has 0 saturated heterocycles. The van der Waals surface area contributed by atoms with Gasteiger partial charge in [-0.3, -0.25) is 9.59 Å². The van der Waals surface area contributed by atoms with Crippen LogP contribution in [0.15, 0.2) is 24.3 Å². The Labute approximate surface area is 145 Å². The highest BCUT2D eigenvalue weighted by atomic mass is 19.1. The average Bonchev–Trinajstić information content (AvgIpc) is 2.99. The van der Waals surface area contributed by atoms with E-state index < -0.39 is 23.6 Å². The third-order valence-corrected chi connectivity index (χ3v) is 3.71. The van der Waals surface area contributed by atoms with Gasteiger partial charge in [-0.1, -0.05) is 26.8 Å². The maximum absolute atomic E-state index is 13.5. The molecular weight excluding hydrogens is 327 g/mol. The van der Waals surface area contributed by atoms with Crippen LogP contribution in [0.3, 0.4) is 0 Å². The Morgan fingerprint density at radius 1 is 1.32 bits per heavy atom. The van der Waals surface area contributed by atoms with Gasteiger partial charge in [-0.05, 0) is 18.2 Å². The van der Waals surface area contributed by atoms with Gasteiger partial charge in [0.2, 0.25) is 5.82 Å². The van der Waals surface area contributed by atoms with Gasteiger partial charge in [0.15, 0.2) is 0 Å². The smallest absolute Gasteiger partial charge is 0.308 e. The Morgan fingerprint density at radius 3 is 2.56 bits per heavy atom. The van der Waals surface area contributed by atoms with E-state index in [9.17, 15) is 14.0 Å². The molecule has 2 aromatic rings. The summed E-state index contributed by atoms with van der Waals surface area (Å²) in [4.78, 5) is 29.0. The number of aromatic nitrogens is 3. The summed E-state index contributed by atoms with van der Waals surface area (Å²) >= 11 is 0. The van der Waals surface area contributed by atoms with Gasteiger partial charge in [-0.25, -0.2) is 14.1 Å². The predicted molar refractivity (Wildman–Crippen MR) is 89.2 cm³/mol. The summed E-state index contributed by atoms with van der Waals surface area (Å²) in [6, 6.07) is 5.86. The van der Waals surface area contributed by atoms with Crippen molar-refractivity contribution in [2.45, 2.75) is 26.7 Å². The Bertz CT molecular complexity index is 788. The molecular formula is C17H21FN4O3. The van der Waals surface area contributed by atoms with Crippen LogP contribution in [0.5, 0.6) is 0 Å². The number of hydrogen-bond acceptors (Lipinski definition) is 4. The minimum Gasteiger partial charge on any atom is -0.481 e. The van der Waals surface area contributed by atoms with Gasteiger partial charge in [-0.2, -0.15) is 0 Å². The van der Waals surface area contributed by atoms with E-state index in [2.05, 4.69) is 10.1 Å². The summed E-state index contributed by atoms with van der Waals surface area (Å²) in [6.45, 7) is 5.35. The molecule has 2 rings (SSSR count). The Morgan fingerprint density at radius 2 is 2.00 bits per heavy atom. The van der Waals surface area contributed by atoms with E-state index in [1.165, 1.54) is 35.7 Å². The first kappa shape index (κ1) is 18.6. The summed E-state index contributed by atoms with van der Waals surface area (Å²) in [6.07, 6.45) is 0. The number of carbonyl (C=O) groups excluding carboxylic acids is 1. The molecule has 0 aliphatic rings. The second kappa shape index (κ2) is 7.42. The molecule has 0 saturated carbocycles. The summed E-state index contributed by atoms with van der Waals surface area (Å²) in [5.74, 6) is -2.15. The molecule has 1 amide bonds. The van der Waals surface area contributed by atoms with Crippen LogP contribution in [0.25, 0.3) is 5.69 Å². The van der Waals surface area contributed by atoms with Crippen LogP contribution in [0.2, 0.25) is 0 Å². The number of benzene rings is 1. The molecule has 0 radical (unpaired) electrons. The number of amides is 1. The SMILES string of the molecule is CC(CN(C)C(=O)c1nc(C(C)C)n(-c2cccc(F)c2)n1)C(=O)O. The van der Waals surface area contributed by atoms with Crippen LogP contribution in [-0.4, -0.2) is 50.2 Å². The molecule has 1 aromatic heterocycles. The maximum atomic E-state index is 13.5. The second-order valence-corrected chi connectivity index (χ2v) is 6.26. The molecule has 0 aliphatic carbocycles. The molecule has 1 atom stereocenters. The zero-order valence-corrected chi connectivity index (χ0v) is 14.6. The average molecular weight is 348 g/mol. The number of hydrogen-bond donors (Lipinski definition) is 1. The Kier molecular flexibility index (Phi) is 5.51. The number of carboxylic acids is 1. The standard InChI is InChI=1S/C17H21FN4O3/c1-10(2)15-19-14(16(23)21(4)9-11(3)17(24)25)20-22(15)13-7-5-6-12(18)8-13/h5-8,10-11H,9H2,1-4H3,(H,24,25). The summed E-state index contributed by atoms with van der Waals surface area (Å²) in [5, 5.41) is 13.2. The molecule has 1 N–H and O–H groups in total. The van der Waals surface area contributed by atoms with Gasteiger partial charge in [0.25, 0.3) is 5.91 Å². The first-order valence-corrected chi connectivity index (χ1v) is 7.91. The summed E-state index contributed by atoms with van der Waals surface area (Å²) in [7, 11) is 1.50. The van der Waals surface area contributed by atoms with Crippen LogP contribution in [0.4, 0.5) is 4.39 Å². The van der Waals surface area contributed by atoms with Gasteiger partial charge >= 0.3 is 5.97 Å². The molecule has 1 aromatic carbocycles. The third kappa shape index (κ3) is 4.20. The molecule has 0 bridgehead atoms. The lowest BCUT2D eigenvalue weighted by Gasteiger charge is -2.17. The Hall–Kier alpha value is -2.77. The quantitative estimate of drug-likeness (QED) is 0.865. The van der Waals surface area contributed by atoms with E-state index in [-0.39, 0.29) is 18.3 Å². The van der Waals surface area contributed by atoms with E-state index in [0.717, 1.165) is 0 Å². The number of carbonyl (C=O) groups is 2. The Balaban J connectivity index is 2.35. The molecule has 25 heavy (non-hydrogen) atoms. The van der Waals surface area contributed by atoms with Crippen LogP contribution >= 0.6 is 0 Å². The van der Waals surface area contributed by atoms with Crippen LogP contribution in [0.1, 0.15) is 43.1 Å². The molecule has 0 aliphatic heterocycles. The fraction of sp³-hybridized carbons (Fsp3) is 0.412. The fourth-order valence-corrected chi connectivity index (χ4v) is 2.33. The molecule has 1 unspecified atom stereocenters. The minimum absolute atomic E-state index is 0.0411. The lowest BCUT2D eigenvalue weighted by molar-refractivity contribution is -0.141. The normalized spacial score (nSPS) is 12.2. The number of nitrogens with zero attached hydrogens (tertiary/aromatic N) is 4. The van der Waals surface area contributed by atoms with Crippen molar-refractivity contribution in [2.75, 3.05) is 13.6 Å². The number of halogens is 1. The van der Waals surface area contributed by atoms with Crippen molar-refractivity contribution in [3.8, 4) is 5.69 Å². The fourth-order valence-electron chi connectivity index (χ4n) is 2.33. The number of aliphatic carboxylic acids is 1.